The minimum atomic E-state index is 0.0181. The number of benzene rings is 2. The molecule has 0 radical (unpaired) electrons. The lowest BCUT2D eigenvalue weighted by molar-refractivity contribution is -0.125. The van der Waals surface area contributed by atoms with Crippen molar-refractivity contribution in [3.8, 4) is 11.5 Å². The maximum atomic E-state index is 12.3. The van der Waals surface area contributed by atoms with Gasteiger partial charge in [0.15, 0.2) is 11.5 Å². The topological polar surface area (TPSA) is 83.1 Å². The average Bonchev–Trinajstić information content (AvgIpc) is 2.84. The van der Waals surface area contributed by atoms with Crippen LogP contribution in [0.2, 0.25) is 0 Å². The van der Waals surface area contributed by atoms with Crippen LogP contribution in [0.3, 0.4) is 0 Å². The highest BCUT2D eigenvalue weighted by atomic mass is 16.5. The van der Waals surface area contributed by atoms with Gasteiger partial charge in [-0.15, -0.1) is 0 Å². The summed E-state index contributed by atoms with van der Waals surface area (Å²) in [5, 5.41) is 5.96. The molecule has 8 nitrogen and oxygen atoms in total. The van der Waals surface area contributed by atoms with Crippen molar-refractivity contribution in [2.75, 3.05) is 60.0 Å². The number of nitrogens with zero attached hydrogens (tertiary/aromatic N) is 2. The Morgan fingerprint density at radius 1 is 0.788 bits per heavy atom. The van der Waals surface area contributed by atoms with E-state index in [0.717, 1.165) is 43.7 Å². The van der Waals surface area contributed by atoms with Crippen molar-refractivity contribution in [1.29, 1.82) is 0 Å². The first-order chi connectivity index (χ1) is 16.1. The first-order valence-electron chi connectivity index (χ1n) is 11.3. The van der Waals surface area contributed by atoms with Crippen LogP contribution < -0.4 is 20.1 Å². The number of amides is 2. The second-order valence-electron chi connectivity index (χ2n) is 8.10. The molecule has 0 atom stereocenters. The Morgan fingerprint density at radius 2 is 1.39 bits per heavy atom. The van der Waals surface area contributed by atoms with Crippen LogP contribution in [-0.2, 0) is 22.6 Å². The molecule has 0 spiro atoms. The third-order valence-corrected chi connectivity index (χ3v) is 5.72. The SMILES string of the molecule is COc1ccc(CCNC(=O)CN2CCN(CC(=O)NCc3ccccc3)CC2)cc1OC. The molecule has 2 aromatic rings. The summed E-state index contributed by atoms with van der Waals surface area (Å²) >= 11 is 0. The number of piperazine rings is 1. The third-order valence-electron chi connectivity index (χ3n) is 5.72. The molecule has 1 fully saturated rings. The van der Waals surface area contributed by atoms with E-state index in [1.54, 1.807) is 14.2 Å². The van der Waals surface area contributed by atoms with Gasteiger partial charge >= 0.3 is 0 Å². The monoisotopic (exact) mass is 454 g/mol. The molecule has 33 heavy (non-hydrogen) atoms. The van der Waals surface area contributed by atoms with E-state index < -0.39 is 0 Å². The predicted molar refractivity (Wildman–Crippen MR) is 127 cm³/mol. The molecule has 8 heteroatoms. The molecule has 1 aliphatic heterocycles. The first-order valence-corrected chi connectivity index (χ1v) is 11.3. The summed E-state index contributed by atoms with van der Waals surface area (Å²) in [5.74, 6) is 1.43. The van der Waals surface area contributed by atoms with Crippen molar-refractivity contribution in [3.63, 3.8) is 0 Å². The summed E-state index contributed by atoms with van der Waals surface area (Å²) in [6.07, 6.45) is 0.720. The van der Waals surface area contributed by atoms with Crippen molar-refractivity contribution in [2.45, 2.75) is 13.0 Å². The van der Waals surface area contributed by atoms with Gasteiger partial charge in [0, 0.05) is 39.3 Å². The molecule has 0 saturated carbocycles. The van der Waals surface area contributed by atoms with Gasteiger partial charge in [0.1, 0.15) is 0 Å². The predicted octanol–water partition coefficient (Wildman–Crippen LogP) is 1.30. The van der Waals surface area contributed by atoms with Crippen molar-refractivity contribution < 1.29 is 19.1 Å². The number of nitrogens with one attached hydrogen (secondary N) is 2. The van der Waals surface area contributed by atoms with E-state index in [-0.39, 0.29) is 11.8 Å². The van der Waals surface area contributed by atoms with Gasteiger partial charge in [-0.1, -0.05) is 36.4 Å². The van der Waals surface area contributed by atoms with E-state index in [1.165, 1.54) is 0 Å². The Bertz CT molecular complexity index is 899. The van der Waals surface area contributed by atoms with Gasteiger partial charge in [0.25, 0.3) is 0 Å². The van der Waals surface area contributed by atoms with E-state index in [9.17, 15) is 9.59 Å². The van der Waals surface area contributed by atoms with E-state index in [4.69, 9.17) is 9.47 Å². The zero-order chi connectivity index (χ0) is 23.5. The highest BCUT2D eigenvalue weighted by molar-refractivity contribution is 5.78. The second-order valence-corrected chi connectivity index (χ2v) is 8.10. The second kappa shape index (κ2) is 12.8. The van der Waals surface area contributed by atoms with Crippen LogP contribution in [0.25, 0.3) is 0 Å². The van der Waals surface area contributed by atoms with Crippen molar-refractivity contribution >= 4 is 11.8 Å². The standard InChI is InChI=1S/C25H34N4O4/c1-32-22-9-8-20(16-23(22)33-2)10-11-26-24(30)18-28-12-14-29(15-13-28)19-25(31)27-17-21-6-4-3-5-7-21/h3-9,16H,10-15,17-19H2,1-2H3,(H,26,30)(H,27,31). The van der Waals surface area contributed by atoms with E-state index in [2.05, 4.69) is 20.4 Å². The maximum Gasteiger partial charge on any atom is 0.234 e. The molecule has 1 saturated heterocycles. The summed E-state index contributed by atoms with van der Waals surface area (Å²) in [7, 11) is 3.22. The molecule has 2 N–H and O–H groups in total. The maximum absolute atomic E-state index is 12.3. The van der Waals surface area contributed by atoms with Crippen molar-refractivity contribution in [3.05, 3.63) is 59.7 Å². The lowest BCUT2D eigenvalue weighted by atomic mass is 10.1. The molecule has 3 rings (SSSR count). The number of hydrogen-bond donors (Lipinski definition) is 2. The van der Waals surface area contributed by atoms with Gasteiger partial charge in [0.2, 0.25) is 11.8 Å². The smallest absolute Gasteiger partial charge is 0.234 e. The summed E-state index contributed by atoms with van der Waals surface area (Å²) in [6, 6.07) is 15.7. The fraction of sp³-hybridized carbons (Fsp3) is 0.440. The number of hydrogen-bond acceptors (Lipinski definition) is 6. The van der Waals surface area contributed by atoms with Crippen LogP contribution in [0.5, 0.6) is 11.5 Å². The quantitative estimate of drug-likeness (QED) is 0.533. The van der Waals surface area contributed by atoms with E-state index in [1.807, 2.05) is 48.5 Å². The molecular formula is C25H34N4O4. The number of carbonyl (C=O) groups is 2. The third kappa shape index (κ3) is 8.07. The highest BCUT2D eigenvalue weighted by Crippen LogP contribution is 2.27. The van der Waals surface area contributed by atoms with E-state index >= 15 is 0 Å². The van der Waals surface area contributed by atoms with Crippen LogP contribution in [-0.4, -0.2) is 81.6 Å². The molecule has 2 amide bonds. The molecule has 0 aromatic heterocycles. The molecule has 1 heterocycles. The molecule has 178 valence electrons. The molecule has 0 aliphatic carbocycles. The van der Waals surface area contributed by atoms with Gasteiger partial charge in [-0.05, 0) is 29.7 Å². The Balaban J connectivity index is 1.30. The fourth-order valence-electron chi connectivity index (χ4n) is 3.80. The molecule has 2 aromatic carbocycles. The van der Waals surface area contributed by atoms with Gasteiger partial charge in [-0.25, -0.2) is 0 Å². The van der Waals surface area contributed by atoms with Gasteiger partial charge < -0.3 is 20.1 Å². The summed E-state index contributed by atoms with van der Waals surface area (Å²) in [4.78, 5) is 28.8. The van der Waals surface area contributed by atoms with Crippen molar-refractivity contribution in [2.24, 2.45) is 0 Å². The Labute approximate surface area is 195 Å². The minimum Gasteiger partial charge on any atom is -0.493 e. The van der Waals surface area contributed by atoms with Crippen LogP contribution in [0.4, 0.5) is 0 Å². The zero-order valence-electron chi connectivity index (χ0n) is 19.5. The normalized spacial score (nSPS) is 14.5. The molecule has 0 bridgehead atoms. The average molecular weight is 455 g/mol. The highest BCUT2D eigenvalue weighted by Gasteiger charge is 2.20. The van der Waals surface area contributed by atoms with Gasteiger partial charge in [-0.2, -0.15) is 0 Å². The Morgan fingerprint density at radius 3 is 2.00 bits per heavy atom. The molecular weight excluding hydrogens is 420 g/mol. The van der Waals surface area contributed by atoms with Crippen molar-refractivity contribution in [1.82, 2.24) is 20.4 Å². The van der Waals surface area contributed by atoms with E-state index in [0.29, 0.717) is 37.7 Å². The first kappa shape index (κ1) is 24.5. The van der Waals surface area contributed by atoms with Gasteiger partial charge in [-0.3, -0.25) is 19.4 Å². The zero-order valence-corrected chi connectivity index (χ0v) is 19.5. The van der Waals surface area contributed by atoms with Gasteiger partial charge in [0.05, 0.1) is 27.3 Å². The lowest BCUT2D eigenvalue weighted by Crippen LogP contribution is -2.51. The Kier molecular flexibility index (Phi) is 9.53. The summed E-state index contributed by atoms with van der Waals surface area (Å²) in [6.45, 7) is 4.97. The fourth-order valence-corrected chi connectivity index (χ4v) is 3.80. The number of carbonyl (C=O) groups excluding carboxylic acids is 2. The number of ether oxygens (including phenoxy) is 2. The largest absolute Gasteiger partial charge is 0.493 e. The van der Waals surface area contributed by atoms with Crippen LogP contribution in [0, 0.1) is 0 Å². The summed E-state index contributed by atoms with van der Waals surface area (Å²) in [5.41, 5.74) is 2.17. The Hall–Kier alpha value is -3.10. The number of methoxy groups -OCH3 is 2. The minimum absolute atomic E-state index is 0.0181. The number of rotatable bonds is 11. The van der Waals surface area contributed by atoms with Crippen LogP contribution >= 0.6 is 0 Å². The van der Waals surface area contributed by atoms with Crippen LogP contribution in [0.15, 0.2) is 48.5 Å². The molecule has 1 aliphatic rings. The molecule has 0 unspecified atom stereocenters. The lowest BCUT2D eigenvalue weighted by Gasteiger charge is -2.33. The van der Waals surface area contributed by atoms with Crippen LogP contribution in [0.1, 0.15) is 11.1 Å². The summed E-state index contributed by atoms with van der Waals surface area (Å²) < 4.78 is 10.6.